The molecule has 1 unspecified atom stereocenters. The fourth-order valence-electron chi connectivity index (χ4n) is 2.57. The van der Waals surface area contributed by atoms with Crippen LogP contribution in [0.5, 0.6) is 0 Å². The molecular formula is C22H24Cl3N3O3S. The highest BCUT2D eigenvalue weighted by molar-refractivity contribution is 7.80. The maximum absolute atomic E-state index is 12.4. The monoisotopic (exact) mass is 515 g/mol. The van der Waals surface area contributed by atoms with E-state index in [0.29, 0.717) is 17.9 Å². The Morgan fingerprint density at radius 3 is 2.28 bits per heavy atom. The standard InChI is InChI=1S/C22H24Cl3N3O3S/c1-2-3-13-31-19(30)16-9-11-17(12-10-16)26-21(32)28-20(22(23,24)25)27-18(29)14-15-7-5-4-6-8-15/h4-12,20H,2-3,13-14H2,1H3,(H,27,29)(H2,26,28,32). The van der Waals surface area contributed by atoms with E-state index in [1.807, 2.05) is 37.3 Å². The first-order chi connectivity index (χ1) is 15.2. The largest absolute Gasteiger partial charge is 0.462 e. The number of carbonyl (C=O) groups is 2. The first kappa shape index (κ1) is 26.2. The Hall–Kier alpha value is -2.06. The van der Waals surface area contributed by atoms with E-state index < -0.39 is 9.96 Å². The zero-order valence-corrected chi connectivity index (χ0v) is 20.5. The van der Waals surface area contributed by atoms with Crippen molar-refractivity contribution in [3.05, 3.63) is 65.7 Å². The van der Waals surface area contributed by atoms with Gasteiger partial charge in [0, 0.05) is 5.69 Å². The van der Waals surface area contributed by atoms with Gasteiger partial charge in [0.1, 0.15) is 6.17 Å². The third-order valence-electron chi connectivity index (χ3n) is 4.23. The maximum Gasteiger partial charge on any atom is 0.338 e. The van der Waals surface area contributed by atoms with E-state index in [1.165, 1.54) is 0 Å². The summed E-state index contributed by atoms with van der Waals surface area (Å²) in [5, 5.41) is 8.48. The lowest BCUT2D eigenvalue weighted by Gasteiger charge is -2.27. The van der Waals surface area contributed by atoms with E-state index >= 15 is 0 Å². The van der Waals surface area contributed by atoms with Gasteiger partial charge in [0.15, 0.2) is 5.11 Å². The minimum Gasteiger partial charge on any atom is -0.462 e. The second kappa shape index (κ2) is 12.8. The molecule has 32 heavy (non-hydrogen) atoms. The summed E-state index contributed by atoms with van der Waals surface area (Å²) in [4.78, 5) is 24.3. The number of ether oxygens (including phenoxy) is 1. The minimum atomic E-state index is -1.86. The molecule has 0 radical (unpaired) electrons. The first-order valence-electron chi connectivity index (χ1n) is 9.93. The molecule has 10 heteroatoms. The third kappa shape index (κ3) is 9.20. The van der Waals surface area contributed by atoms with Gasteiger partial charge in [-0.15, -0.1) is 0 Å². The highest BCUT2D eigenvalue weighted by Gasteiger charge is 2.34. The number of thiocarbonyl (C=S) groups is 1. The smallest absolute Gasteiger partial charge is 0.338 e. The average Bonchev–Trinajstić information content (AvgIpc) is 2.74. The van der Waals surface area contributed by atoms with Crippen LogP contribution in [0.2, 0.25) is 0 Å². The van der Waals surface area contributed by atoms with E-state index in [-0.39, 0.29) is 23.4 Å². The van der Waals surface area contributed by atoms with E-state index in [9.17, 15) is 9.59 Å². The molecule has 0 heterocycles. The van der Waals surface area contributed by atoms with Crippen LogP contribution in [-0.2, 0) is 16.0 Å². The second-order valence-corrected chi connectivity index (χ2v) is 9.65. The molecule has 1 amide bonds. The Kier molecular flexibility index (Phi) is 10.5. The quantitative estimate of drug-likeness (QED) is 0.143. The van der Waals surface area contributed by atoms with Gasteiger partial charge in [-0.05, 0) is 48.5 Å². The van der Waals surface area contributed by atoms with Crippen LogP contribution in [0.4, 0.5) is 5.69 Å². The highest BCUT2D eigenvalue weighted by atomic mass is 35.6. The Labute approximate surface area is 207 Å². The van der Waals surface area contributed by atoms with Gasteiger partial charge in [-0.25, -0.2) is 4.79 Å². The minimum absolute atomic E-state index is 0.121. The molecule has 0 fully saturated rings. The van der Waals surface area contributed by atoms with Crippen molar-refractivity contribution in [1.82, 2.24) is 10.6 Å². The van der Waals surface area contributed by atoms with Gasteiger partial charge in [0.05, 0.1) is 18.6 Å². The van der Waals surface area contributed by atoms with Crippen LogP contribution < -0.4 is 16.0 Å². The number of anilines is 1. The van der Waals surface area contributed by atoms with Crippen LogP contribution in [0.1, 0.15) is 35.7 Å². The second-order valence-electron chi connectivity index (χ2n) is 6.87. The van der Waals surface area contributed by atoms with E-state index in [0.717, 1.165) is 18.4 Å². The molecule has 172 valence electrons. The summed E-state index contributed by atoms with van der Waals surface area (Å²) in [6.45, 7) is 2.41. The van der Waals surface area contributed by atoms with Gasteiger partial charge in [-0.3, -0.25) is 4.79 Å². The molecule has 2 aromatic carbocycles. The molecule has 2 rings (SSSR count). The van der Waals surface area contributed by atoms with Gasteiger partial charge in [0.25, 0.3) is 0 Å². The van der Waals surface area contributed by atoms with Crippen LogP contribution in [0.3, 0.4) is 0 Å². The van der Waals surface area contributed by atoms with Crippen LogP contribution in [0.15, 0.2) is 54.6 Å². The Morgan fingerprint density at radius 1 is 1.03 bits per heavy atom. The number of benzene rings is 2. The molecule has 0 spiro atoms. The molecule has 6 nitrogen and oxygen atoms in total. The fraction of sp³-hybridized carbons (Fsp3) is 0.318. The van der Waals surface area contributed by atoms with Crippen LogP contribution in [-0.4, -0.2) is 33.6 Å². The summed E-state index contributed by atoms with van der Waals surface area (Å²) in [5.41, 5.74) is 1.85. The summed E-state index contributed by atoms with van der Waals surface area (Å²) in [7, 11) is 0. The van der Waals surface area contributed by atoms with Gasteiger partial charge in [0.2, 0.25) is 9.70 Å². The zero-order valence-electron chi connectivity index (χ0n) is 17.4. The fourth-order valence-corrected chi connectivity index (χ4v) is 3.14. The summed E-state index contributed by atoms with van der Waals surface area (Å²) < 4.78 is 3.32. The van der Waals surface area contributed by atoms with Crippen molar-refractivity contribution in [2.45, 2.75) is 36.1 Å². The van der Waals surface area contributed by atoms with Crippen molar-refractivity contribution < 1.29 is 14.3 Å². The molecule has 3 N–H and O–H groups in total. The molecular weight excluding hydrogens is 493 g/mol. The topological polar surface area (TPSA) is 79.5 Å². The molecule has 0 saturated carbocycles. The number of carbonyl (C=O) groups excluding carboxylic acids is 2. The van der Waals surface area contributed by atoms with Gasteiger partial charge < -0.3 is 20.7 Å². The van der Waals surface area contributed by atoms with Crippen molar-refractivity contribution in [2.75, 3.05) is 11.9 Å². The van der Waals surface area contributed by atoms with Crippen molar-refractivity contribution in [1.29, 1.82) is 0 Å². The van der Waals surface area contributed by atoms with Gasteiger partial charge in [-0.2, -0.15) is 0 Å². The van der Waals surface area contributed by atoms with Crippen LogP contribution >= 0.6 is 47.0 Å². The number of amides is 1. The molecule has 0 aliphatic heterocycles. The van der Waals surface area contributed by atoms with E-state index in [1.54, 1.807) is 24.3 Å². The predicted molar refractivity (Wildman–Crippen MR) is 133 cm³/mol. The molecule has 0 bridgehead atoms. The number of halogens is 3. The Morgan fingerprint density at radius 2 is 1.69 bits per heavy atom. The van der Waals surface area contributed by atoms with Gasteiger partial charge >= 0.3 is 5.97 Å². The SMILES string of the molecule is CCCCOC(=O)c1ccc(NC(=S)NC(NC(=O)Cc2ccccc2)C(Cl)(Cl)Cl)cc1. The van der Waals surface area contributed by atoms with Gasteiger partial charge in [-0.1, -0.05) is 78.5 Å². The normalized spacial score (nSPS) is 11.9. The van der Waals surface area contributed by atoms with Crippen LogP contribution in [0, 0.1) is 0 Å². The highest BCUT2D eigenvalue weighted by Crippen LogP contribution is 2.29. The average molecular weight is 517 g/mol. The number of esters is 1. The molecule has 0 saturated heterocycles. The molecule has 0 aromatic heterocycles. The molecule has 0 aliphatic rings. The number of nitrogens with one attached hydrogen (secondary N) is 3. The Balaban J connectivity index is 1.92. The summed E-state index contributed by atoms with van der Waals surface area (Å²) >= 11 is 23.3. The van der Waals surface area contributed by atoms with Crippen molar-refractivity contribution >= 4 is 69.7 Å². The number of hydrogen-bond donors (Lipinski definition) is 3. The molecule has 1 atom stereocenters. The number of hydrogen-bond acceptors (Lipinski definition) is 4. The van der Waals surface area contributed by atoms with E-state index in [2.05, 4.69) is 16.0 Å². The molecule has 2 aromatic rings. The molecule has 0 aliphatic carbocycles. The summed E-state index contributed by atoms with van der Waals surface area (Å²) in [6.07, 6.45) is 0.812. The maximum atomic E-state index is 12.4. The number of unbranched alkanes of at least 4 members (excludes halogenated alkanes) is 1. The predicted octanol–water partition coefficient (Wildman–Crippen LogP) is 4.99. The van der Waals surface area contributed by atoms with Crippen LogP contribution in [0.25, 0.3) is 0 Å². The van der Waals surface area contributed by atoms with Crippen molar-refractivity contribution in [2.24, 2.45) is 0 Å². The third-order valence-corrected chi connectivity index (χ3v) is 5.10. The number of alkyl halides is 3. The lowest BCUT2D eigenvalue weighted by Crippen LogP contribution is -2.56. The van der Waals surface area contributed by atoms with Crippen molar-refractivity contribution in [3.63, 3.8) is 0 Å². The van der Waals surface area contributed by atoms with Crippen molar-refractivity contribution in [3.8, 4) is 0 Å². The summed E-state index contributed by atoms with van der Waals surface area (Å²) in [6, 6.07) is 15.8. The number of rotatable bonds is 9. The van der Waals surface area contributed by atoms with E-state index in [4.69, 9.17) is 51.8 Å². The lowest BCUT2D eigenvalue weighted by molar-refractivity contribution is -0.121. The Bertz CT molecular complexity index is 906. The first-order valence-corrected chi connectivity index (χ1v) is 11.5. The summed E-state index contributed by atoms with van der Waals surface area (Å²) in [5.74, 6) is -0.725. The zero-order chi connectivity index (χ0) is 23.6. The lowest BCUT2D eigenvalue weighted by atomic mass is 10.1.